The summed E-state index contributed by atoms with van der Waals surface area (Å²) in [5, 5.41) is 9.03. The monoisotopic (exact) mass is 292 g/mol. The lowest BCUT2D eigenvalue weighted by molar-refractivity contribution is -0.140. The Morgan fingerprint density at radius 3 is 2.86 bits per heavy atom. The molecule has 0 radical (unpaired) electrons. The van der Waals surface area contributed by atoms with Crippen LogP contribution in [0, 0.1) is 5.92 Å². The second-order valence-corrected chi connectivity index (χ2v) is 5.17. The van der Waals surface area contributed by atoms with E-state index < -0.39 is 11.9 Å². The van der Waals surface area contributed by atoms with Crippen molar-refractivity contribution < 1.29 is 19.4 Å². The predicted octanol–water partition coefficient (Wildman–Crippen LogP) is 1.59. The van der Waals surface area contributed by atoms with Crippen molar-refractivity contribution in [2.45, 2.75) is 13.8 Å². The number of hydrogen-bond donors (Lipinski definition) is 1. The van der Waals surface area contributed by atoms with Gasteiger partial charge in [0.25, 0.3) is 5.91 Å². The Bertz CT molecular complexity index is 559. The lowest BCUT2D eigenvalue weighted by atomic mass is 10.1. The van der Waals surface area contributed by atoms with Gasteiger partial charge in [-0.2, -0.15) is 0 Å². The normalized spacial score (nSPS) is 15.2. The molecule has 6 heteroatoms. The number of carboxylic acid groups (broad SMARTS) is 1. The molecule has 2 rings (SSSR count). The van der Waals surface area contributed by atoms with Crippen LogP contribution < -0.4 is 14.5 Å². The second-order valence-electron chi connectivity index (χ2n) is 5.17. The van der Waals surface area contributed by atoms with Crippen LogP contribution in [-0.4, -0.2) is 43.7 Å². The summed E-state index contributed by atoms with van der Waals surface area (Å²) in [6.45, 7) is 4.83. The molecule has 0 spiro atoms. The number of aliphatic carboxylic acids is 1. The SMILES string of the molecule is CCN(CC(C)C(=O)O)c1ccc2c(c1)OCC(=O)N2C. The van der Waals surface area contributed by atoms with Crippen LogP contribution in [0.5, 0.6) is 5.75 Å². The minimum Gasteiger partial charge on any atom is -0.481 e. The summed E-state index contributed by atoms with van der Waals surface area (Å²) in [5.74, 6) is -0.697. The number of amides is 1. The Morgan fingerprint density at radius 2 is 2.24 bits per heavy atom. The van der Waals surface area contributed by atoms with E-state index in [9.17, 15) is 9.59 Å². The minimum absolute atomic E-state index is 0.0323. The van der Waals surface area contributed by atoms with Gasteiger partial charge in [-0.15, -0.1) is 0 Å². The molecule has 1 aromatic rings. The average Bonchev–Trinajstić information content (AvgIpc) is 2.48. The number of fused-ring (bicyclic) bond motifs is 1. The maximum atomic E-state index is 11.6. The van der Waals surface area contributed by atoms with Crippen LogP contribution in [0.1, 0.15) is 13.8 Å². The molecular weight excluding hydrogens is 272 g/mol. The van der Waals surface area contributed by atoms with Gasteiger partial charge in [-0.25, -0.2) is 0 Å². The molecule has 114 valence electrons. The van der Waals surface area contributed by atoms with E-state index in [1.807, 2.05) is 30.0 Å². The first-order valence-corrected chi connectivity index (χ1v) is 6.95. The van der Waals surface area contributed by atoms with E-state index in [-0.39, 0.29) is 12.5 Å². The fraction of sp³-hybridized carbons (Fsp3) is 0.467. The van der Waals surface area contributed by atoms with E-state index >= 15 is 0 Å². The minimum atomic E-state index is -0.812. The summed E-state index contributed by atoms with van der Waals surface area (Å²) in [4.78, 5) is 26.1. The molecule has 0 saturated carbocycles. The molecule has 1 unspecified atom stereocenters. The van der Waals surface area contributed by atoms with Crippen molar-refractivity contribution >= 4 is 23.3 Å². The standard InChI is InChI=1S/C15H20N2O4/c1-4-17(8-10(2)15(19)20)11-5-6-12-13(7-11)21-9-14(18)16(12)3/h5-7,10H,4,8-9H2,1-3H3,(H,19,20). The highest BCUT2D eigenvalue weighted by Crippen LogP contribution is 2.35. The molecule has 0 bridgehead atoms. The Morgan fingerprint density at radius 1 is 1.52 bits per heavy atom. The van der Waals surface area contributed by atoms with Gasteiger partial charge in [0.15, 0.2) is 6.61 Å². The highest BCUT2D eigenvalue weighted by molar-refractivity contribution is 5.97. The molecule has 1 aromatic carbocycles. The second kappa shape index (κ2) is 6.03. The highest BCUT2D eigenvalue weighted by Gasteiger charge is 2.23. The summed E-state index contributed by atoms with van der Waals surface area (Å²) >= 11 is 0. The number of carbonyl (C=O) groups is 2. The van der Waals surface area contributed by atoms with E-state index in [4.69, 9.17) is 9.84 Å². The first-order chi connectivity index (χ1) is 9.93. The molecule has 21 heavy (non-hydrogen) atoms. The van der Waals surface area contributed by atoms with Crippen LogP contribution in [-0.2, 0) is 9.59 Å². The number of rotatable bonds is 5. The highest BCUT2D eigenvalue weighted by atomic mass is 16.5. The van der Waals surface area contributed by atoms with E-state index in [0.29, 0.717) is 18.8 Å². The van der Waals surface area contributed by atoms with Crippen molar-refractivity contribution in [3.63, 3.8) is 0 Å². The number of ether oxygens (including phenoxy) is 1. The first-order valence-electron chi connectivity index (χ1n) is 6.95. The molecule has 0 saturated heterocycles. The molecule has 1 heterocycles. The zero-order valence-corrected chi connectivity index (χ0v) is 12.5. The smallest absolute Gasteiger partial charge is 0.308 e. The predicted molar refractivity (Wildman–Crippen MR) is 80.0 cm³/mol. The van der Waals surface area contributed by atoms with Crippen molar-refractivity contribution in [2.75, 3.05) is 36.5 Å². The lowest BCUT2D eigenvalue weighted by Gasteiger charge is -2.29. The third-order valence-electron chi connectivity index (χ3n) is 3.69. The van der Waals surface area contributed by atoms with Crippen molar-refractivity contribution in [3.8, 4) is 5.75 Å². The van der Waals surface area contributed by atoms with Gasteiger partial charge in [0.05, 0.1) is 11.6 Å². The Labute approximate surface area is 123 Å². The van der Waals surface area contributed by atoms with Crippen LogP contribution in [0.25, 0.3) is 0 Å². The molecule has 1 amide bonds. The van der Waals surface area contributed by atoms with Gasteiger partial charge in [0, 0.05) is 31.9 Å². The van der Waals surface area contributed by atoms with Crippen molar-refractivity contribution in [3.05, 3.63) is 18.2 Å². The number of hydrogen-bond acceptors (Lipinski definition) is 4. The fourth-order valence-electron chi connectivity index (χ4n) is 2.29. The largest absolute Gasteiger partial charge is 0.481 e. The number of nitrogens with zero attached hydrogens (tertiary/aromatic N) is 2. The molecule has 0 aliphatic carbocycles. The zero-order valence-electron chi connectivity index (χ0n) is 12.5. The molecular formula is C15H20N2O4. The van der Waals surface area contributed by atoms with Crippen LogP contribution in [0.2, 0.25) is 0 Å². The van der Waals surface area contributed by atoms with E-state index in [0.717, 1.165) is 11.4 Å². The third kappa shape index (κ3) is 3.09. The molecule has 6 nitrogen and oxygen atoms in total. The van der Waals surface area contributed by atoms with E-state index in [2.05, 4.69) is 0 Å². The van der Waals surface area contributed by atoms with Crippen LogP contribution in [0.4, 0.5) is 11.4 Å². The van der Waals surface area contributed by atoms with Crippen LogP contribution >= 0.6 is 0 Å². The topological polar surface area (TPSA) is 70.1 Å². The van der Waals surface area contributed by atoms with Gasteiger partial charge in [-0.3, -0.25) is 9.59 Å². The van der Waals surface area contributed by atoms with Crippen LogP contribution in [0.3, 0.4) is 0 Å². The first kappa shape index (κ1) is 15.2. The summed E-state index contributed by atoms with van der Waals surface area (Å²) in [6, 6.07) is 5.57. The maximum Gasteiger partial charge on any atom is 0.308 e. The van der Waals surface area contributed by atoms with Crippen LogP contribution in [0.15, 0.2) is 18.2 Å². The molecule has 0 fully saturated rings. The lowest BCUT2D eigenvalue weighted by Crippen LogP contribution is -2.36. The third-order valence-corrected chi connectivity index (χ3v) is 3.69. The Hall–Kier alpha value is -2.24. The summed E-state index contributed by atoms with van der Waals surface area (Å²) in [6.07, 6.45) is 0. The van der Waals surface area contributed by atoms with Crippen molar-refractivity contribution in [1.82, 2.24) is 0 Å². The van der Waals surface area contributed by atoms with Gasteiger partial charge in [0.1, 0.15) is 5.75 Å². The van der Waals surface area contributed by atoms with Crippen molar-refractivity contribution in [2.24, 2.45) is 5.92 Å². The average molecular weight is 292 g/mol. The number of anilines is 2. The zero-order chi connectivity index (χ0) is 15.6. The summed E-state index contributed by atoms with van der Waals surface area (Å²) < 4.78 is 5.46. The molecule has 1 aliphatic heterocycles. The van der Waals surface area contributed by atoms with Gasteiger partial charge in [0.2, 0.25) is 0 Å². The maximum absolute atomic E-state index is 11.6. The Kier molecular flexibility index (Phi) is 4.35. The van der Waals surface area contributed by atoms with Gasteiger partial charge >= 0.3 is 5.97 Å². The number of carbonyl (C=O) groups excluding carboxylic acids is 1. The van der Waals surface area contributed by atoms with E-state index in [1.165, 1.54) is 0 Å². The molecule has 1 N–H and O–H groups in total. The number of carboxylic acids is 1. The van der Waals surface area contributed by atoms with Crippen molar-refractivity contribution in [1.29, 1.82) is 0 Å². The number of likely N-dealkylation sites (N-methyl/N-ethyl adjacent to an activating group) is 1. The summed E-state index contributed by atoms with van der Waals surface area (Å²) in [5.41, 5.74) is 1.63. The summed E-state index contributed by atoms with van der Waals surface area (Å²) in [7, 11) is 1.72. The van der Waals surface area contributed by atoms with Gasteiger partial charge in [-0.1, -0.05) is 6.92 Å². The number of benzene rings is 1. The molecule has 1 atom stereocenters. The Balaban J connectivity index is 2.24. The fourth-order valence-corrected chi connectivity index (χ4v) is 2.29. The van der Waals surface area contributed by atoms with E-state index in [1.54, 1.807) is 18.9 Å². The quantitative estimate of drug-likeness (QED) is 0.892. The molecule has 1 aliphatic rings. The van der Waals surface area contributed by atoms with Gasteiger partial charge < -0.3 is 19.6 Å². The van der Waals surface area contributed by atoms with Gasteiger partial charge in [-0.05, 0) is 19.1 Å². The molecule has 0 aromatic heterocycles.